The van der Waals surface area contributed by atoms with Crippen LogP contribution in [-0.2, 0) is 10.2 Å². The van der Waals surface area contributed by atoms with Crippen molar-refractivity contribution in [2.45, 2.75) is 51.0 Å². The topological polar surface area (TPSA) is 38.3 Å². The number of ether oxygens (including phenoxy) is 1. The van der Waals surface area contributed by atoms with Crippen molar-refractivity contribution >= 4 is 5.91 Å². The van der Waals surface area contributed by atoms with Crippen LogP contribution in [0.2, 0.25) is 0 Å². The molecule has 1 saturated carbocycles. The fraction of sp³-hybridized carbons (Fsp3) is 0.409. The highest BCUT2D eigenvalue weighted by molar-refractivity contribution is 5.88. The Kier molecular flexibility index (Phi) is 5.42. The maximum absolute atomic E-state index is 13.1. The summed E-state index contributed by atoms with van der Waals surface area (Å²) in [6.45, 7) is 4.51. The summed E-state index contributed by atoms with van der Waals surface area (Å²) in [5.41, 5.74) is 1.87. The lowest BCUT2D eigenvalue weighted by atomic mass is 9.78. The third-order valence-electron chi connectivity index (χ3n) is 5.18. The van der Waals surface area contributed by atoms with E-state index in [1.807, 2.05) is 56.3 Å². The van der Waals surface area contributed by atoms with E-state index in [4.69, 9.17) is 4.74 Å². The van der Waals surface area contributed by atoms with Crippen molar-refractivity contribution in [3.63, 3.8) is 0 Å². The molecule has 1 unspecified atom stereocenters. The number of hydrogen-bond donors (Lipinski definition) is 1. The average molecular weight is 337 g/mol. The standard InChI is InChI=1S/C22H27NO2/c1-17-10-6-7-13-20(17)25-16-18(2)23-21(24)22(14-8-9-15-22)19-11-4-3-5-12-19/h3-7,10-13,18H,8-9,14-16H2,1-2H3,(H,23,24). The minimum absolute atomic E-state index is 0.0340. The SMILES string of the molecule is Cc1ccccc1OCC(C)NC(=O)C1(c2ccccc2)CCCC1. The van der Waals surface area contributed by atoms with Crippen molar-refractivity contribution in [2.75, 3.05) is 6.61 Å². The van der Waals surface area contributed by atoms with Gasteiger partial charge in [-0.1, -0.05) is 61.4 Å². The van der Waals surface area contributed by atoms with Crippen LogP contribution in [0.25, 0.3) is 0 Å². The molecule has 1 atom stereocenters. The zero-order chi connectivity index (χ0) is 17.7. The molecule has 3 nitrogen and oxygen atoms in total. The Balaban J connectivity index is 1.65. The Morgan fingerprint density at radius 1 is 1.08 bits per heavy atom. The first-order valence-electron chi connectivity index (χ1n) is 9.17. The zero-order valence-electron chi connectivity index (χ0n) is 15.1. The van der Waals surface area contributed by atoms with E-state index in [1.54, 1.807) is 0 Å². The molecule has 0 bridgehead atoms. The normalized spacial score (nSPS) is 17.0. The first kappa shape index (κ1) is 17.5. The van der Waals surface area contributed by atoms with Gasteiger partial charge in [0.2, 0.25) is 5.91 Å². The summed E-state index contributed by atoms with van der Waals surface area (Å²) in [5, 5.41) is 3.19. The number of hydrogen-bond acceptors (Lipinski definition) is 2. The molecule has 0 aliphatic heterocycles. The summed E-state index contributed by atoms with van der Waals surface area (Å²) in [7, 11) is 0. The first-order valence-corrected chi connectivity index (χ1v) is 9.17. The van der Waals surface area contributed by atoms with Crippen LogP contribution in [0.5, 0.6) is 5.75 Å². The van der Waals surface area contributed by atoms with Crippen LogP contribution in [0.15, 0.2) is 54.6 Å². The molecule has 132 valence electrons. The summed E-state index contributed by atoms with van der Waals surface area (Å²) >= 11 is 0. The Morgan fingerprint density at radius 2 is 1.72 bits per heavy atom. The second-order valence-corrected chi connectivity index (χ2v) is 7.11. The number of carbonyl (C=O) groups excluding carboxylic acids is 1. The van der Waals surface area contributed by atoms with Crippen LogP contribution in [0.1, 0.15) is 43.7 Å². The van der Waals surface area contributed by atoms with Crippen LogP contribution >= 0.6 is 0 Å². The fourth-order valence-corrected chi connectivity index (χ4v) is 3.72. The monoisotopic (exact) mass is 337 g/mol. The molecule has 25 heavy (non-hydrogen) atoms. The summed E-state index contributed by atoms with van der Waals surface area (Å²) in [6.07, 6.45) is 4.06. The van der Waals surface area contributed by atoms with Gasteiger partial charge in [0, 0.05) is 0 Å². The molecular formula is C22H27NO2. The van der Waals surface area contributed by atoms with Gasteiger partial charge in [-0.05, 0) is 43.9 Å². The number of aryl methyl sites for hydroxylation is 1. The highest BCUT2D eigenvalue weighted by Crippen LogP contribution is 2.41. The van der Waals surface area contributed by atoms with Crippen LogP contribution in [-0.4, -0.2) is 18.6 Å². The molecule has 0 aromatic heterocycles. The molecule has 2 aromatic carbocycles. The second kappa shape index (κ2) is 7.73. The average Bonchev–Trinajstić information content (AvgIpc) is 3.13. The van der Waals surface area contributed by atoms with Crippen molar-refractivity contribution in [2.24, 2.45) is 0 Å². The smallest absolute Gasteiger partial charge is 0.230 e. The highest BCUT2D eigenvalue weighted by atomic mass is 16.5. The molecule has 0 saturated heterocycles. The quantitative estimate of drug-likeness (QED) is 0.849. The molecule has 1 fully saturated rings. The van der Waals surface area contributed by atoms with E-state index in [-0.39, 0.29) is 17.4 Å². The maximum Gasteiger partial charge on any atom is 0.230 e. The molecule has 1 amide bonds. The lowest BCUT2D eigenvalue weighted by Crippen LogP contribution is -2.47. The molecule has 1 aliphatic rings. The van der Waals surface area contributed by atoms with Crippen molar-refractivity contribution in [1.82, 2.24) is 5.32 Å². The fourth-order valence-electron chi connectivity index (χ4n) is 3.72. The predicted molar refractivity (Wildman–Crippen MR) is 101 cm³/mol. The van der Waals surface area contributed by atoms with E-state index >= 15 is 0 Å². The number of carbonyl (C=O) groups is 1. The zero-order valence-corrected chi connectivity index (χ0v) is 15.1. The van der Waals surface area contributed by atoms with E-state index in [0.29, 0.717) is 6.61 Å². The predicted octanol–water partition coefficient (Wildman–Crippen LogP) is 4.39. The Labute approximate surface area is 150 Å². The summed E-state index contributed by atoms with van der Waals surface area (Å²) in [6, 6.07) is 18.1. The summed E-state index contributed by atoms with van der Waals surface area (Å²) < 4.78 is 5.89. The first-order chi connectivity index (χ1) is 12.1. The van der Waals surface area contributed by atoms with E-state index in [1.165, 1.54) is 0 Å². The van der Waals surface area contributed by atoms with Gasteiger partial charge in [-0.2, -0.15) is 0 Å². The largest absolute Gasteiger partial charge is 0.491 e. The second-order valence-electron chi connectivity index (χ2n) is 7.11. The van der Waals surface area contributed by atoms with Crippen molar-refractivity contribution in [3.8, 4) is 5.75 Å². The van der Waals surface area contributed by atoms with Gasteiger partial charge >= 0.3 is 0 Å². The summed E-state index contributed by atoms with van der Waals surface area (Å²) in [4.78, 5) is 13.1. The number of nitrogens with one attached hydrogen (secondary N) is 1. The Morgan fingerprint density at radius 3 is 2.40 bits per heavy atom. The van der Waals surface area contributed by atoms with Crippen molar-refractivity contribution < 1.29 is 9.53 Å². The van der Waals surface area contributed by atoms with E-state index in [0.717, 1.165) is 42.6 Å². The van der Waals surface area contributed by atoms with E-state index in [2.05, 4.69) is 17.4 Å². The van der Waals surface area contributed by atoms with Crippen LogP contribution in [0.4, 0.5) is 0 Å². The van der Waals surface area contributed by atoms with Crippen LogP contribution in [0, 0.1) is 6.92 Å². The maximum atomic E-state index is 13.1. The number of para-hydroxylation sites is 1. The van der Waals surface area contributed by atoms with Crippen LogP contribution in [0.3, 0.4) is 0 Å². The molecule has 2 aromatic rings. The molecule has 0 radical (unpaired) electrons. The van der Waals surface area contributed by atoms with Gasteiger partial charge in [-0.3, -0.25) is 4.79 Å². The van der Waals surface area contributed by atoms with E-state index in [9.17, 15) is 4.79 Å². The lowest BCUT2D eigenvalue weighted by Gasteiger charge is -2.30. The van der Waals surface area contributed by atoms with Gasteiger partial charge in [-0.15, -0.1) is 0 Å². The van der Waals surface area contributed by atoms with Crippen LogP contribution < -0.4 is 10.1 Å². The molecular weight excluding hydrogens is 310 g/mol. The Bertz CT molecular complexity index is 705. The lowest BCUT2D eigenvalue weighted by molar-refractivity contribution is -0.127. The molecule has 0 spiro atoms. The van der Waals surface area contributed by atoms with Gasteiger partial charge in [0.05, 0.1) is 11.5 Å². The minimum atomic E-state index is -0.377. The molecule has 3 heteroatoms. The van der Waals surface area contributed by atoms with Crippen molar-refractivity contribution in [3.05, 3.63) is 65.7 Å². The minimum Gasteiger partial charge on any atom is -0.491 e. The molecule has 3 rings (SSSR count). The third-order valence-corrected chi connectivity index (χ3v) is 5.18. The van der Waals surface area contributed by atoms with Gasteiger partial charge < -0.3 is 10.1 Å². The van der Waals surface area contributed by atoms with Gasteiger partial charge in [0.25, 0.3) is 0 Å². The number of rotatable bonds is 6. The molecule has 1 aliphatic carbocycles. The molecule has 1 N–H and O–H groups in total. The third kappa shape index (κ3) is 3.87. The van der Waals surface area contributed by atoms with E-state index < -0.39 is 0 Å². The van der Waals surface area contributed by atoms with Gasteiger partial charge in [-0.25, -0.2) is 0 Å². The van der Waals surface area contributed by atoms with Gasteiger partial charge in [0.15, 0.2) is 0 Å². The summed E-state index contributed by atoms with van der Waals surface area (Å²) in [5.74, 6) is 1.01. The van der Waals surface area contributed by atoms with Gasteiger partial charge in [0.1, 0.15) is 12.4 Å². The van der Waals surface area contributed by atoms with Crippen molar-refractivity contribution in [1.29, 1.82) is 0 Å². The Hall–Kier alpha value is -2.29. The number of benzene rings is 2. The molecule has 0 heterocycles. The number of amides is 1. The highest BCUT2D eigenvalue weighted by Gasteiger charge is 2.42.